The van der Waals surface area contributed by atoms with Gasteiger partial charge in [-0.1, -0.05) is 18.7 Å². The van der Waals surface area contributed by atoms with Gasteiger partial charge in [0.25, 0.3) is 0 Å². The molecule has 2 aliphatic rings. The molecule has 0 bridgehead atoms. The van der Waals surface area contributed by atoms with Crippen LogP contribution >= 0.6 is 27.7 Å². The largest absolute Gasteiger partial charge is 0.394 e. The average molecular weight is 445 g/mol. The molecule has 1 aromatic rings. The molecule has 3 rings (SSSR count). The van der Waals surface area contributed by atoms with Crippen molar-refractivity contribution in [2.24, 2.45) is 5.92 Å². The van der Waals surface area contributed by atoms with Crippen molar-refractivity contribution in [3.63, 3.8) is 0 Å². The van der Waals surface area contributed by atoms with E-state index in [1.807, 2.05) is 0 Å². The number of nitrogens with zero attached hydrogens (tertiary/aromatic N) is 2. The molecule has 0 aliphatic heterocycles. The first-order valence-electron chi connectivity index (χ1n) is 9.57. The predicted molar refractivity (Wildman–Crippen MR) is 110 cm³/mol. The second kappa shape index (κ2) is 10.1. The van der Waals surface area contributed by atoms with Gasteiger partial charge in [-0.25, -0.2) is 9.97 Å². The Bertz CT molecular complexity index is 589. The minimum atomic E-state index is 0.289. The fraction of sp³-hybridized carbons (Fsp3) is 0.778. The molecule has 26 heavy (non-hydrogen) atoms. The van der Waals surface area contributed by atoms with E-state index in [-0.39, 0.29) is 6.10 Å². The van der Waals surface area contributed by atoms with Gasteiger partial charge in [-0.3, -0.25) is 0 Å². The predicted octanol–water partition coefficient (Wildman–Crippen LogP) is 4.10. The van der Waals surface area contributed by atoms with E-state index in [0.29, 0.717) is 29.5 Å². The lowest BCUT2D eigenvalue weighted by Gasteiger charge is -2.17. The number of thioether (sulfide) groups is 1. The number of nitrogens with two attached hydrogens (primary N) is 1. The van der Waals surface area contributed by atoms with Gasteiger partial charge in [0.05, 0.1) is 19.3 Å². The maximum absolute atomic E-state index is 6.14. The van der Waals surface area contributed by atoms with Crippen molar-refractivity contribution in [3.05, 3.63) is 4.60 Å². The van der Waals surface area contributed by atoms with Crippen molar-refractivity contribution < 1.29 is 9.47 Å². The van der Waals surface area contributed by atoms with Crippen molar-refractivity contribution in [1.29, 1.82) is 0 Å². The van der Waals surface area contributed by atoms with Crippen LogP contribution in [0.2, 0.25) is 0 Å². The Labute approximate surface area is 168 Å². The molecule has 2 saturated carbocycles. The summed E-state index contributed by atoms with van der Waals surface area (Å²) >= 11 is 5.10. The number of halogens is 1. The fourth-order valence-corrected chi connectivity index (χ4v) is 4.19. The van der Waals surface area contributed by atoms with Crippen LogP contribution in [0.1, 0.15) is 45.4 Å². The molecule has 0 radical (unpaired) electrons. The molecule has 2 unspecified atom stereocenters. The number of nitrogens with one attached hydrogen (secondary N) is 1. The zero-order valence-electron chi connectivity index (χ0n) is 15.4. The summed E-state index contributed by atoms with van der Waals surface area (Å²) in [7, 11) is 0. The first-order chi connectivity index (χ1) is 12.7. The number of anilines is 2. The maximum Gasteiger partial charge on any atom is 0.190 e. The van der Waals surface area contributed by atoms with Crippen LogP contribution in [0.4, 0.5) is 11.5 Å². The number of hydrogen-bond donors (Lipinski definition) is 2. The molecule has 8 heteroatoms. The highest BCUT2D eigenvalue weighted by atomic mass is 79.9. The average Bonchev–Trinajstić information content (AvgIpc) is 3.35. The minimum Gasteiger partial charge on any atom is -0.394 e. The molecule has 3 N–H and O–H groups in total. The Kier molecular flexibility index (Phi) is 7.84. The lowest BCUT2D eigenvalue weighted by molar-refractivity contribution is 0.00534. The van der Waals surface area contributed by atoms with Crippen LogP contribution in [0, 0.1) is 5.92 Å². The van der Waals surface area contributed by atoms with Crippen LogP contribution in [-0.4, -0.2) is 47.7 Å². The SMILES string of the molecule is CCCSc1nc(Br)c(N)c(NC2CCC(OCCOCC3CC3)C2)n1. The van der Waals surface area contributed by atoms with Crippen LogP contribution in [0.25, 0.3) is 0 Å². The molecule has 1 heterocycles. The molecule has 2 aliphatic carbocycles. The Hall–Kier alpha value is -0.570. The first kappa shape index (κ1) is 20.2. The van der Waals surface area contributed by atoms with Gasteiger partial charge in [0.15, 0.2) is 11.0 Å². The third-order valence-electron chi connectivity index (χ3n) is 4.67. The smallest absolute Gasteiger partial charge is 0.190 e. The van der Waals surface area contributed by atoms with Gasteiger partial charge in [0, 0.05) is 18.4 Å². The summed E-state index contributed by atoms with van der Waals surface area (Å²) in [4.78, 5) is 8.99. The van der Waals surface area contributed by atoms with E-state index in [9.17, 15) is 0 Å². The van der Waals surface area contributed by atoms with Gasteiger partial charge in [-0.2, -0.15) is 0 Å². The monoisotopic (exact) mass is 444 g/mol. The zero-order chi connectivity index (χ0) is 18.4. The van der Waals surface area contributed by atoms with E-state index in [1.165, 1.54) is 12.8 Å². The summed E-state index contributed by atoms with van der Waals surface area (Å²) in [5, 5.41) is 4.25. The van der Waals surface area contributed by atoms with Gasteiger partial charge in [-0.15, -0.1) is 0 Å². The lowest BCUT2D eigenvalue weighted by Crippen LogP contribution is -2.21. The van der Waals surface area contributed by atoms with E-state index in [0.717, 1.165) is 54.9 Å². The van der Waals surface area contributed by atoms with E-state index in [2.05, 4.69) is 38.1 Å². The highest BCUT2D eigenvalue weighted by Crippen LogP contribution is 2.31. The molecule has 146 valence electrons. The maximum atomic E-state index is 6.14. The number of rotatable bonds is 11. The van der Waals surface area contributed by atoms with E-state index >= 15 is 0 Å². The van der Waals surface area contributed by atoms with Crippen LogP contribution in [0.5, 0.6) is 0 Å². The summed E-state index contributed by atoms with van der Waals surface area (Å²) in [6.07, 6.45) is 7.13. The Morgan fingerprint density at radius 2 is 2.08 bits per heavy atom. The molecule has 2 atom stereocenters. The second-order valence-electron chi connectivity index (χ2n) is 7.07. The van der Waals surface area contributed by atoms with Crippen molar-refractivity contribution in [2.75, 3.05) is 36.6 Å². The Morgan fingerprint density at radius 3 is 2.85 bits per heavy atom. The molecule has 0 spiro atoms. The molecule has 1 aromatic heterocycles. The summed E-state index contributed by atoms with van der Waals surface area (Å²) in [6.45, 7) is 4.44. The topological polar surface area (TPSA) is 82.3 Å². The van der Waals surface area contributed by atoms with Crippen molar-refractivity contribution in [2.45, 2.75) is 62.8 Å². The number of aromatic nitrogens is 2. The van der Waals surface area contributed by atoms with Gasteiger partial charge >= 0.3 is 0 Å². The molecule has 2 fully saturated rings. The number of nitrogen functional groups attached to an aromatic ring is 1. The Morgan fingerprint density at radius 1 is 1.23 bits per heavy atom. The number of ether oxygens (including phenoxy) is 2. The standard InChI is InChI=1S/C18H29BrN4O2S/c1-2-9-26-18-22-16(19)15(20)17(23-18)21-13-5-6-14(10-13)25-8-7-24-11-12-3-4-12/h12-14H,2-11,20H2,1H3,(H,21,22,23). The Balaban J connectivity index is 1.43. The van der Waals surface area contributed by atoms with Gasteiger partial charge in [0.2, 0.25) is 0 Å². The first-order valence-corrected chi connectivity index (χ1v) is 11.3. The fourth-order valence-electron chi connectivity index (χ4n) is 3.01. The summed E-state index contributed by atoms with van der Waals surface area (Å²) in [6, 6.07) is 0.334. The van der Waals surface area contributed by atoms with E-state index in [4.69, 9.17) is 15.2 Å². The van der Waals surface area contributed by atoms with Crippen LogP contribution < -0.4 is 11.1 Å². The zero-order valence-corrected chi connectivity index (χ0v) is 17.8. The second-order valence-corrected chi connectivity index (χ2v) is 8.89. The number of hydrogen-bond acceptors (Lipinski definition) is 7. The molecule has 6 nitrogen and oxygen atoms in total. The third kappa shape index (κ3) is 6.25. The highest BCUT2D eigenvalue weighted by molar-refractivity contribution is 9.10. The van der Waals surface area contributed by atoms with Gasteiger partial charge < -0.3 is 20.5 Å². The molecule has 0 saturated heterocycles. The highest BCUT2D eigenvalue weighted by Gasteiger charge is 2.27. The van der Waals surface area contributed by atoms with Crippen molar-refractivity contribution in [1.82, 2.24) is 9.97 Å². The summed E-state index contributed by atoms with van der Waals surface area (Å²) < 4.78 is 12.3. The van der Waals surface area contributed by atoms with Gasteiger partial charge in [-0.05, 0) is 60.4 Å². The lowest BCUT2D eigenvalue weighted by atomic mass is 10.2. The van der Waals surface area contributed by atoms with Crippen LogP contribution in [0.3, 0.4) is 0 Å². The summed E-state index contributed by atoms with van der Waals surface area (Å²) in [5.41, 5.74) is 6.72. The van der Waals surface area contributed by atoms with Crippen molar-refractivity contribution >= 4 is 39.2 Å². The van der Waals surface area contributed by atoms with Crippen LogP contribution in [-0.2, 0) is 9.47 Å². The molecular weight excluding hydrogens is 416 g/mol. The normalized spacial score (nSPS) is 22.7. The van der Waals surface area contributed by atoms with Gasteiger partial charge in [0.1, 0.15) is 10.3 Å². The summed E-state index contributed by atoms with van der Waals surface area (Å²) in [5.74, 6) is 2.54. The van der Waals surface area contributed by atoms with E-state index < -0.39 is 0 Å². The van der Waals surface area contributed by atoms with E-state index in [1.54, 1.807) is 11.8 Å². The van der Waals surface area contributed by atoms with Crippen LogP contribution in [0.15, 0.2) is 9.76 Å². The van der Waals surface area contributed by atoms with Crippen molar-refractivity contribution in [3.8, 4) is 0 Å². The molecular formula is C18H29BrN4O2S. The minimum absolute atomic E-state index is 0.289. The molecule has 0 amide bonds. The third-order valence-corrected chi connectivity index (χ3v) is 6.33. The molecule has 0 aromatic carbocycles. The quantitative estimate of drug-likeness (QED) is 0.230.